The van der Waals surface area contributed by atoms with E-state index in [1.54, 1.807) is 24.5 Å². The van der Waals surface area contributed by atoms with Crippen molar-refractivity contribution in [1.29, 1.82) is 0 Å². The number of thioether (sulfide) groups is 2. The Labute approximate surface area is 283 Å². The van der Waals surface area contributed by atoms with E-state index in [0.717, 1.165) is 33.3 Å². The molecule has 1 fully saturated rings. The summed E-state index contributed by atoms with van der Waals surface area (Å²) in [6.45, 7) is -0.207. The Bertz CT molecular complexity index is 1860. The number of carboxylic acids is 3. The number of nitrogen functional groups attached to an aromatic ring is 1. The molecule has 3 unspecified atom stereocenters. The van der Waals surface area contributed by atoms with E-state index < -0.39 is 64.5 Å². The van der Waals surface area contributed by atoms with Crippen LogP contribution in [-0.2, 0) is 35.4 Å². The standard InChI is InChI=1S/C29H25N5O11S3/c30-19-8-14(10-47-19)21(32-45-24(29(43)44)13-1-2-17(35)18(36)7-13)25(39)31-22-26(40)34-23(28(41)42)15(12-48-27(22)34)11-46-16-3-5-33(6-4-16)9-20(37)38/h1-8,10,22,24,27H,9,11-12,30H2,(H5-,31,32,35,36,37,38,39,41,42,43,44)/p+1. The number of aromatic hydroxyl groups is 2. The van der Waals surface area contributed by atoms with E-state index in [4.69, 9.17) is 15.7 Å². The normalized spacial score (nSPS) is 18.0. The Hall–Kier alpha value is -5.27. The van der Waals surface area contributed by atoms with E-state index in [-0.39, 0.29) is 34.9 Å². The number of aliphatic carboxylic acids is 3. The fraction of sp³-hybridized carbons (Fsp3) is 0.207. The topological polar surface area (TPSA) is 253 Å². The summed E-state index contributed by atoms with van der Waals surface area (Å²) in [4.78, 5) is 69.0. The summed E-state index contributed by atoms with van der Waals surface area (Å²) in [6, 6.07) is 6.86. The average molecular weight is 717 g/mol. The van der Waals surface area contributed by atoms with E-state index in [0.29, 0.717) is 10.6 Å². The summed E-state index contributed by atoms with van der Waals surface area (Å²) in [5, 5.41) is 55.4. The largest absolute Gasteiger partial charge is 0.504 e. The van der Waals surface area contributed by atoms with Crippen molar-refractivity contribution in [1.82, 2.24) is 10.2 Å². The van der Waals surface area contributed by atoms with Crippen LogP contribution < -0.4 is 15.6 Å². The molecule has 2 aliphatic rings. The van der Waals surface area contributed by atoms with Gasteiger partial charge in [0.25, 0.3) is 11.8 Å². The summed E-state index contributed by atoms with van der Waals surface area (Å²) in [6.07, 6.45) is 1.38. The highest BCUT2D eigenvalue weighted by atomic mass is 32.2. The number of fused-ring (bicyclic) bond motifs is 1. The van der Waals surface area contributed by atoms with Gasteiger partial charge in [0.15, 0.2) is 29.6 Å². The fourth-order valence-electron chi connectivity index (χ4n) is 4.74. The van der Waals surface area contributed by atoms with Crippen molar-refractivity contribution in [3.05, 3.63) is 76.6 Å². The number of carboxylic acid groups (broad SMARTS) is 3. The number of nitrogens with two attached hydrogens (primary N) is 1. The van der Waals surface area contributed by atoms with E-state index in [1.807, 2.05) is 0 Å². The number of nitrogens with zero attached hydrogens (tertiary/aromatic N) is 3. The van der Waals surface area contributed by atoms with Gasteiger partial charge in [-0.05, 0) is 23.8 Å². The van der Waals surface area contributed by atoms with Crippen LogP contribution in [0.3, 0.4) is 0 Å². The molecular formula is C29H26N5O11S3+. The van der Waals surface area contributed by atoms with E-state index in [1.165, 1.54) is 45.6 Å². The zero-order valence-corrected chi connectivity index (χ0v) is 26.8. The summed E-state index contributed by atoms with van der Waals surface area (Å²) < 4.78 is 1.48. The molecule has 3 atom stereocenters. The molecule has 2 amide bonds. The molecular weight excluding hydrogens is 691 g/mol. The van der Waals surface area contributed by atoms with Crippen molar-refractivity contribution in [2.45, 2.75) is 29.0 Å². The molecule has 2 aromatic heterocycles. The van der Waals surface area contributed by atoms with Crippen LogP contribution in [0.25, 0.3) is 0 Å². The molecule has 250 valence electrons. The van der Waals surface area contributed by atoms with Crippen LogP contribution in [0, 0.1) is 0 Å². The Morgan fingerprint density at radius 1 is 1.10 bits per heavy atom. The van der Waals surface area contributed by atoms with Crippen molar-refractivity contribution < 1.29 is 58.9 Å². The van der Waals surface area contributed by atoms with Crippen molar-refractivity contribution >= 4 is 75.3 Å². The van der Waals surface area contributed by atoms with Gasteiger partial charge in [-0.3, -0.25) is 14.5 Å². The predicted octanol–water partition coefficient (Wildman–Crippen LogP) is 1.19. The number of β-lactam (4-membered cyclic amide) rings is 1. The Morgan fingerprint density at radius 3 is 2.44 bits per heavy atom. The van der Waals surface area contributed by atoms with Crippen LogP contribution >= 0.6 is 34.9 Å². The molecule has 48 heavy (non-hydrogen) atoms. The Balaban J connectivity index is 1.32. The molecule has 3 aromatic rings. The first-order valence-corrected chi connectivity index (χ1v) is 16.6. The highest BCUT2D eigenvalue weighted by molar-refractivity contribution is 8.01. The smallest absolute Gasteiger partial charge is 0.370 e. The summed E-state index contributed by atoms with van der Waals surface area (Å²) >= 11 is 3.63. The third-order valence-corrected chi connectivity index (χ3v) is 10.2. The number of phenols is 2. The number of hydrogen-bond donors (Lipinski definition) is 7. The van der Waals surface area contributed by atoms with Gasteiger partial charge in [-0.2, -0.15) is 4.57 Å². The van der Waals surface area contributed by atoms with Crippen LogP contribution in [0.2, 0.25) is 0 Å². The number of amides is 2. The number of rotatable bonds is 13. The van der Waals surface area contributed by atoms with Crippen LogP contribution in [0.15, 0.2) is 75.5 Å². The molecule has 0 bridgehead atoms. The predicted molar refractivity (Wildman–Crippen MR) is 171 cm³/mol. The van der Waals surface area contributed by atoms with Crippen molar-refractivity contribution in [2.75, 3.05) is 17.2 Å². The molecule has 4 heterocycles. The number of benzene rings is 1. The van der Waals surface area contributed by atoms with Crippen LogP contribution in [0.1, 0.15) is 17.2 Å². The van der Waals surface area contributed by atoms with Crippen molar-refractivity contribution in [3.63, 3.8) is 0 Å². The summed E-state index contributed by atoms with van der Waals surface area (Å²) in [7, 11) is 0. The molecule has 0 saturated carbocycles. The highest BCUT2D eigenvalue weighted by Gasteiger charge is 2.54. The Kier molecular flexibility index (Phi) is 10.1. The first-order chi connectivity index (χ1) is 22.8. The maximum absolute atomic E-state index is 13.5. The molecule has 0 aliphatic carbocycles. The quantitative estimate of drug-likeness (QED) is 0.0328. The second kappa shape index (κ2) is 14.2. The lowest BCUT2D eigenvalue weighted by Crippen LogP contribution is -2.71. The number of aromatic nitrogens is 1. The lowest BCUT2D eigenvalue weighted by Gasteiger charge is -2.49. The Morgan fingerprint density at radius 2 is 1.83 bits per heavy atom. The van der Waals surface area contributed by atoms with E-state index in [2.05, 4.69) is 10.5 Å². The number of nitrogens with one attached hydrogen (secondary N) is 1. The third-order valence-electron chi connectivity index (χ3n) is 7.01. The molecule has 0 spiro atoms. The minimum absolute atomic E-state index is 0.0920. The second-order valence-electron chi connectivity index (χ2n) is 10.3. The molecule has 8 N–H and O–H groups in total. The van der Waals surface area contributed by atoms with Crippen molar-refractivity contribution in [2.24, 2.45) is 5.16 Å². The molecule has 0 radical (unpaired) electrons. The molecule has 1 aromatic carbocycles. The van der Waals surface area contributed by atoms with E-state index >= 15 is 0 Å². The maximum atomic E-state index is 13.5. The molecule has 16 nitrogen and oxygen atoms in total. The van der Waals surface area contributed by atoms with Crippen LogP contribution in [0.4, 0.5) is 5.00 Å². The van der Waals surface area contributed by atoms with Gasteiger partial charge in [-0.1, -0.05) is 11.2 Å². The van der Waals surface area contributed by atoms with Crippen molar-refractivity contribution in [3.8, 4) is 11.5 Å². The minimum atomic E-state index is -1.80. The number of carbonyl (C=O) groups excluding carboxylic acids is 2. The first-order valence-electron chi connectivity index (χ1n) is 13.7. The SMILES string of the molecule is Nc1cc(/C(=N/OC(C(=O)O)c2ccc(O)c(O)c2)C(=O)NC2C(=O)N3C(C(=O)O)=C(CSc4cc[n+](CC(=O)O)cc4)CSC23)cs1. The lowest BCUT2D eigenvalue weighted by atomic mass is 10.0. The zero-order valence-electron chi connectivity index (χ0n) is 24.4. The van der Waals surface area contributed by atoms with Crippen LogP contribution in [-0.4, -0.2) is 88.8 Å². The first kappa shape index (κ1) is 34.1. The van der Waals surface area contributed by atoms with Gasteiger partial charge in [-0.15, -0.1) is 34.9 Å². The lowest BCUT2D eigenvalue weighted by molar-refractivity contribution is -0.686. The number of thiophene rings is 1. The zero-order chi connectivity index (χ0) is 34.7. The minimum Gasteiger partial charge on any atom is -0.504 e. The monoisotopic (exact) mass is 716 g/mol. The van der Waals surface area contributed by atoms with Crippen LogP contribution in [0.5, 0.6) is 11.5 Å². The van der Waals surface area contributed by atoms with E-state index in [9.17, 15) is 44.4 Å². The van der Waals surface area contributed by atoms with Gasteiger partial charge in [-0.25, -0.2) is 14.4 Å². The average Bonchev–Trinajstić information content (AvgIpc) is 3.47. The van der Waals surface area contributed by atoms with Gasteiger partial charge in [0.2, 0.25) is 12.6 Å². The van der Waals surface area contributed by atoms with Gasteiger partial charge >= 0.3 is 17.9 Å². The second-order valence-corrected chi connectivity index (χ2v) is 13.4. The van der Waals surface area contributed by atoms with Gasteiger partial charge < -0.3 is 41.4 Å². The van der Waals surface area contributed by atoms with Gasteiger partial charge in [0.1, 0.15) is 17.1 Å². The fourth-order valence-corrected chi connectivity index (χ4v) is 7.74. The number of anilines is 1. The molecule has 1 saturated heterocycles. The number of pyridine rings is 1. The van der Waals surface area contributed by atoms with Gasteiger partial charge in [0, 0.05) is 45.0 Å². The maximum Gasteiger partial charge on any atom is 0.370 e. The molecule has 19 heteroatoms. The summed E-state index contributed by atoms with van der Waals surface area (Å²) in [5.41, 5.74) is 5.78. The number of carbonyl (C=O) groups is 5. The number of hydrogen-bond acceptors (Lipinski definition) is 13. The molecule has 5 rings (SSSR count). The molecule has 2 aliphatic heterocycles. The highest BCUT2D eigenvalue weighted by Crippen LogP contribution is 2.41. The summed E-state index contributed by atoms with van der Waals surface area (Å²) in [5.74, 6) is -6.04. The third kappa shape index (κ3) is 7.32. The number of phenolic OH excluding ortho intramolecular Hbond substituents is 2. The van der Waals surface area contributed by atoms with Gasteiger partial charge in [0.05, 0.1) is 5.00 Å². The number of oxime groups is 1.